The zero-order chi connectivity index (χ0) is 21.4. The molecular formula is C21H25N3O5. The highest BCUT2D eigenvalue weighted by atomic mass is 16.6. The first-order chi connectivity index (χ1) is 13.9. The van der Waals surface area contributed by atoms with Gasteiger partial charge in [-0.25, -0.2) is 9.78 Å². The van der Waals surface area contributed by atoms with Gasteiger partial charge in [-0.3, -0.25) is 4.79 Å². The van der Waals surface area contributed by atoms with Gasteiger partial charge in [-0.15, -0.1) is 0 Å². The van der Waals surface area contributed by atoms with Gasteiger partial charge < -0.3 is 19.6 Å². The normalized spacial score (nSPS) is 11.2. The standard InChI is InChI=1S/C21H25N3O5/c1-13(2)29-21(26)16-10-14(3)20(23-11-16)28-12-15-8-6-7-9-17(15)18(24-27-5)19(25)22-4/h6-11,13H,12H2,1-5H3,(H,22,25)/b24-18-. The van der Waals surface area contributed by atoms with Gasteiger partial charge in [0.05, 0.1) is 11.7 Å². The van der Waals surface area contributed by atoms with E-state index in [1.165, 1.54) is 20.4 Å². The molecule has 0 bridgehead atoms. The van der Waals surface area contributed by atoms with Crippen LogP contribution < -0.4 is 10.1 Å². The summed E-state index contributed by atoms with van der Waals surface area (Å²) in [4.78, 5) is 33.2. The molecule has 1 heterocycles. The quantitative estimate of drug-likeness (QED) is 0.416. The Labute approximate surface area is 169 Å². The second-order valence-corrected chi connectivity index (χ2v) is 6.45. The first-order valence-electron chi connectivity index (χ1n) is 9.09. The molecule has 0 saturated heterocycles. The first-order valence-corrected chi connectivity index (χ1v) is 9.09. The van der Waals surface area contributed by atoms with E-state index in [1.54, 1.807) is 39.0 Å². The second-order valence-electron chi connectivity index (χ2n) is 6.45. The molecule has 1 aromatic heterocycles. The highest BCUT2D eigenvalue weighted by Gasteiger charge is 2.18. The molecule has 0 aliphatic heterocycles. The number of likely N-dealkylation sites (N-methyl/N-ethyl adjacent to an activating group) is 1. The van der Waals surface area contributed by atoms with E-state index >= 15 is 0 Å². The van der Waals surface area contributed by atoms with Crippen molar-refractivity contribution in [3.8, 4) is 5.88 Å². The molecule has 1 aromatic carbocycles. The zero-order valence-electron chi connectivity index (χ0n) is 17.2. The number of carbonyl (C=O) groups is 2. The van der Waals surface area contributed by atoms with Crippen molar-refractivity contribution in [2.45, 2.75) is 33.5 Å². The number of amides is 1. The van der Waals surface area contributed by atoms with Crippen LogP contribution in [0.3, 0.4) is 0 Å². The Balaban J connectivity index is 2.22. The van der Waals surface area contributed by atoms with Crippen molar-refractivity contribution in [1.29, 1.82) is 0 Å². The van der Waals surface area contributed by atoms with Crippen molar-refractivity contribution >= 4 is 17.6 Å². The number of nitrogens with one attached hydrogen (secondary N) is 1. The van der Waals surface area contributed by atoms with Crippen LogP contribution in [0.4, 0.5) is 0 Å². The lowest BCUT2D eigenvalue weighted by Gasteiger charge is -2.13. The van der Waals surface area contributed by atoms with Crippen LogP contribution in [0.25, 0.3) is 0 Å². The van der Waals surface area contributed by atoms with Crippen molar-refractivity contribution < 1.29 is 23.9 Å². The minimum Gasteiger partial charge on any atom is -0.473 e. The summed E-state index contributed by atoms with van der Waals surface area (Å²) in [7, 11) is 2.90. The van der Waals surface area contributed by atoms with Crippen LogP contribution in [0.2, 0.25) is 0 Å². The SMILES string of the molecule is CNC(=O)/C(=N\OC)c1ccccc1COc1ncc(C(=O)OC(C)C)cc1C. The molecule has 0 radical (unpaired) electrons. The van der Waals surface area contributed by atoms with Gasteiger partial charge in [0, 0.05) is 24.4 Å². The fraction of sp³-hybridized carbons (Fsp3) is 0.333. The molecule has 2 aromatic rings. The molecule has 29 heavy (non-hydrogen) atoms. The minimum absolute atomic E-state index is 0.144. The fourth-order valence-electron chi connectivity index (χ4n) is 2.55. The molecule has 0 atom stereocenters. The van der Waals surface area contributed by atoms with Gasteiger partial charge in [-0.1, -0.05) is 29.4 Å². The number of benzene rings is 1. The van der Waals surface area contributed by atoms with E-state index in [2.05, 4.69) is 15.5 Å². The average molecular weight is 399 g/mol. The summed E-state index contributed by atoms with van der Waals surface area (Å²) in [6.45, 7) is 5.52. The molecule has 0 unspecified atom stereocenters. The van der Waals surface area contributed by atoms with Crippen LogP contribution in [0.1, 0.15) is 40.9 Å². The van der Waals surface area contributed by atoms with E-state index in [-0.39, 0.29) is 24.3 Å². The maximum Gasteiger partial charge on any atom is 0.339 e. The van der Waals surface area contributed by atoms with Crippen LogP contribution in [0.5, 0.6) is 5.88 Å². The Bertz CT molecular complexity index is 909. The summed E-state index contributed by atoms with van der Waals surface area (Å²) in [6, 6.07) is 8.89. The number of nitrogens with zero attached hydrogens (tertiary/aromatic N) is 2. The molecule has 2 rings (SSSR count). The highest BCUT2D eigenvalue weighted by molar-refractivity contribution is 6.45. The molecular weight excluding hydrogens is 374 g/mol. The predicted molar refractivity (Wildman–Crippen MR) is 108 cm³/mol. The number of aromatic nitrogens is 1. The van der Waals surface area contributed by atoms with Crippen LogP contribution in [0.15, 0.2) is 41.7 Å². The van der Waals surface area contributed by atoms with E-state index in [1.807, 2.05) is 12.1 Å². The van der Waals surface area contributed by atoms with Crippen molar-refractivity contribution in [3.05, 3.63) is 58.8 Å². The Morgan fingerprint density at radius 1 is 1.24 bits per heavy atom. The number of oxime groups is 1. The van der Waals surface area contributed by atoms with Crippen LogP contribution >= 0.6 is 0 Å². The monoisotopic (exact) mass is 399 g/mol. The summed E-state index contributed by atoms with van der Waals surface area (Å²) in [6.07, 6.45) is 1.21. The molecule has 0 fully saturated rings. The molecule has 1 amide bonds. The number of ether oxygens (including phenoxy) is 2. The molecule has 1 N–H and O–H groups in total. The van der Waals surface area contributed by atoms with E-state index in [0.29, 0.717) is 22.6 Å². The maximum absolute atomic E-state index is 12.1. The van der Waals surface area contributed by atoms with Crippen LogP contribution in [-0.4, -0.2) is 42.8 Å². The Morgan fingerprint density at radius 2 is 1.97 bits per heavy atom. The fourth-order valence-corrected chi connectivity index (χ4v) is 2.55. The van der Waals surface area contributed by atoms with Gasteiger partial charge in [0.2, 0.25) is 5.88 Å². The average Bonchev–Trinajstić information content (AvgIpc) is 2.70. The predicted octanol–water partition coefficient (Wildman–Crippen LogP) is 2.63. The molecule has 0 aliphatic rings. The third-order valence-electron chi connectivity index (χ3n) is 3.87. The highest BCUT2D eigenvalue weighted by Crippen LogP contribution is 2.19. The summed E-state index contributed by atoms with van der Waals surface area (Å²) in [5.41, 5.74) is 2.52. The summed E-state index contributed by atoms with van der Waals surface area (Å²) < 4.78 is 11.0. The molecule has 154 valence electrons. The maximum atomic E-state index is 12.1. The van der Waals surface area contributed by atoms with Crippen molar-refractivity contribution in [3.63, 3.8) is 0 Å². The van der Waals surface area contributed by atoms with Gasteiger partial charge in [-0.05, 0) is 32.4 Å². The van der Waals surface area contributed by atoms with Crippen LogP contribution in [0, 0.1) is 6.92 Å². The van der Waals surface area contributed by atoms with Gasteiger partial charge in [0.15, 0.2) is 5.71 Å². The Morgan fingerprint density at radius 3 is 2.59 bits per heavy atom. The number of aryl methyl sites for hydroxylation is 1. The zero-order valence-corrected chi connectivity index (χ0v) is 17.2. The molecule has 8 nitrogen and oxygen atoms in total. The molecule has 0 aliphatic carbocycles. The first kappa shape index (κ1) is 21.9. The van der Waals surface area contributed by atoms with Crippen molar-refractivity contribution in [1.82, 2.24) is 10.3 Å². The smallest absolute Gasteiger partial charge is 0.339 e. The lowest BCUT2D eigenvalue weighted by molar-refractivity contribution is -0.114. The van der Waals surface area contributed by atoms with E-state index in [9.17, 15) is 9.59 Å². The van der Waals surface area contributed by atoms with E-state index in [0.717, 1.165) is 5.56 Å². The Kier molecular flexibility index (Phi) is 7.70. The van der Waals surface area contributed by atoms with E-state index in [4.69, 9.17) is 14.3 Å². The van der Waals surface area contributed by atoms with Gasteiger partial charge in [0.1, 0.15) is 13.7 Å². The Hall–Kier alpha value is -3.42. The molecule has 8 heteroatoms. The molecule has 0 spiro atoms. The number of hydrogen-bond donors (Lipinski definition) is 1. The third kappa shape index (κ3) is 5.78. The van der Waals surface area contributed by atoms with Gasteiger partial charge in [0.25, 0.3) is 5.91 Å². The van der Waals surface area contributed by atoms with Crippen LogP contribution in [-0.2, 0) is 21.0 Å². The van der Waals surface area contributed by atoms with Crippen molar-refractivity contribution in [2.75, 3.05) is 14.2 Å². The number of carbonyl (C=O) groups excluding carboxylic acids is 2. The third-order valence-corrected chi connectivity index (χ3v) is 3.87. The second kappa shape index (κ2) is 10.2. The number of esters is 1. The largest absolute Gasteiger partial charge is 0.473 e. The minimum atomic E-state index is -0.432. The van der Waals surface area contributed by atoms with E-state index < -0.39 is 5.97 Å². The molecule has 0 saturated carbocycles. The summed E-state index contributed by atoms with van der Waals surface area (Å²) in [5.74, 6) is -0.425. The number of hydrogen-bond acceptors (Lipinski definition) is 7. The van der Waals surface area contributed by atoms with Crippen molar-refractivity contribution in [2.24, 2.45) is 5.16 Å². The van der Waals surface area contributed by atoms with Gasteiger partial charge >= 0.3 is 5.97 Å². The summed E-state index contributed by atoms with van der Waals surface area (Å²) >= 11 is 0. The topological polar surface area (TPSA) is 99.1 Å². The number of pyridine rings is 1. The summed E-state index contributed by atoms with van der Waals surface area (Å²) in [5, 5.41) is 6.38. The van der Waals surface area contributed by atoms with Gasteiger partial charge in [-0.2, -0.15) is 0 Å². The lowest BCUT2D eigenvalue weighted by Crippen LogP contribution is -2.29. The number of rotatable bonds is 8. The lowest BCUT2D eigenvalue weighted by atomic mass is 10.0.